The smallest absolute Gasteiger partial charge is 0.335 e. The molecule has 1 aromatic rings. The number of carbonyl (C=O) groups excluding carboxylic acids is 1. The molecule has 3 heterocycles. The first-order valence-corrected chi connectivity index (χ1v) is 15.4. The van der Waals surface area contributed by atoms with Crippen molar-refractivity contribution >= 4 is 22.9 Å². The number of nitrogens with zero attached hydrogens (tertiary/aromatic N) is 1. The molecule has 3 atom stereocenters. The quantitative estimate of drug-likeness (QED) is 0.616. The van der Waals surface area contributed by atoms with Gasteiger partial charge in [0.2, 0.25) is 12.0 Å². The predicted molar refractivity (Wildman–Crippen MR) is 124 cm³/mol. The van der Waals surface area contributed by atoms with Gasteiger partial charge in [-0.1, -0.05) is 55.4 Å². The van der Waals surface area contributed by atoms with E-state index in [1.807, 2.05) is 55.4 Å². The van der Waals surface area contributed by atoms with E-state index >= 15 is 4.39 Å². The van der Waals surface area contributed by atoms with Crippen molar-refractivity contribution in [1.29, 1.82) is 0 Å². The highest BCUT2D eigenvalue weighted by molar-refractivity contribution is 6.84. The summed E-state index contributed by atoms with van der Waals surface area (Å²) in [4.78, 5) is 39.2. The lowest BCUT2D eigenvalue weighted by molar-refractivity contribution is -0.210. The van der Waals surface area contributed by atoms with Gasteiger partial charge in [0.25, 0.3) is 11.4 Å². The van der Waals surface area contributed by atoms with Gasteiger partial charge in [-0.2, -0.15) is 0 Å². The average molecular weight is 503 g/mol. The molecular formula is C21H35FN2O7Si2. The fourth-order valence-corrected chi connectivity index (χ4v) is 16.0. The number of hydrogen-bond donors (Lipinski definition) is 1. The van der Waals surface area contributed by atoms with Gasteiger partial charge in [0.05, 0.1) is 6.61 Å². The minimum atomic E-state index is -3.26. The van der Waals surface area contributed by atoms with E-state index in [1.54, 1.807) is 0 Å². The van der Waals surface area contributed by atoms with Crippen molar-refractivity contribution < 1.29 is 26.9 Å². The Morgan fingerprint density at radius 3 is 2.03 bits per heavy atom. The SMILES string of the molecule is CC(C)[Si]1(C(C)C)OC[C@@]2(F)O[C@@H](n3ccc(=O)[nH]c3=O)C(=O)[C@@H]2O[Si](C(C)C)(C(C)C)O1. The topological polar surface area (TPSA) is 109 Å². The molecule has 2 aliphatic rings. The Balaban J connectivity index is 2.16. The van der Waals surface area contributed by atoms with Crippen LogP contribution in [0.2, 0.25) is 22.2 Å². The maximum absolute atomic E-state index is 16.4. The summed E-state index contributed by atoms with van der Waals surface area (Å²) in [6.45, 7) is 15.3. The van der Waals surface area contributed by atoms with Crippen LogP contribution in [0.15, 0.2) is 21.9 Å². The third-order valence-electron chi connectivity index (χ3n) is 6.64. The number of carbonyl (C=O) groups is 1. The molecule has 33 heavy (non-hydrogen) atoms. The van der Waals surface area contributed by atoms with Gasteiger partial charge in [0.15, 0.2) is 6.10 Å². The van der Waals surface area contributed by atoms with E-state index < -0.39 is 58.9 Å². The fraction of sp³-hybridized carbons (Fsp3) is 0.762. The van der Waals surface area contributed by atoms with Crippen LogP contribution in [0.1, 0.15) is 61.6 Å². The molecule has 1 aromatic heterocycles. The second kappa shape index (κ2) is 8.97. The molecule has 9 nitrogen and oxygen atoms in total. The second-order valence-electron chi connectivity index (χ2n) is 10.1. The zero-order valence-corrected chi connectivity index (χ0v) is 22.5. The van der Waals surface area contributed by atoms with Crippen LogP contribution in [-0.2, 0) is 22.5 Å². The van der Waals surface area contributed by atoms with E-state index in [0.29, 0.717) is 0 Å². The molecule has 0 amide bonds. The maximum Gasteiger partial charge on any atom is 0.335 e. The van der Waals surface area contributed by atoms with Gasteiger partial charge >= 0.3 is 22.8 Å². The van der Waals surface area contributed by atoms with E-state index in [4.69, 9.17) is 17.7 Å². The Bertz CT molecular complexity index is 993. The minimum Gasteiger partial charge on any atom is -0.414 e. The maximum atomic E-state index is 16.4. The van der Waals surface area contributed by atoms with Crippen LogP contribution < -0.4 is 11.2 Å². The average Bonchev–Trinajstić information content (AvgIpc) is 2.92. The molecule has 0 spiro atoms. The molecule has 2 saturated heterocycles. The van der Waals surface area contributed by atoms with Gasteiger partial charge in [-0.25, -0.2) is 9.18 Å². The van der Waals surface area contributed by atoms with Gasteiger partial charge in [0, 0.05) is 12.3 Å². The molecule has 0 saturated carbocycles. The summed E-state index contributed by atoms with van der Waals surface area (Å²) in [5.41, 5.74) is -1.77. The summed E-state index contributed by atoms with van der Waals surface area (Å²) in [7, 11) is -6.30. The van der Waals surface area contributed by atoms with Crippen molar-refractivity contribution in [1.82, 2.24) is 9.55 Å². The Kier molecular flexibility index (Phi) is 7.11. The predicted octanol–water partition coefficient (Wildman–Crippen LogP) is 3.26. The number of alkyl halides is 1. The highest BCUT2D eigenvalue weighted by Crippen LogP contribution is 2.50. The highest BCUT2D eigenvalue weighted by Gasteiger charge is 2.67. The Morgan fingerprint density at radius 2 is 1.55 bits per heavy atom. The number of aromatic amines is 1. The van der Waals surface area contributed by atoms with Crippen molar-refractivity contribution in [2.24, 2.45) is 0 Å². The summed E-state index contributed by atoms with van der Waals surface area (Å²) in [5.74, 6) is -3.36. The van der Waals surface area contributed by atoms with Gasteiger partial charge in [-0.3, -0.25) is 19.1 Å². The molecule has 0 unspecified atom stereocenters. The number of Topliss-reactive ketones (excluding diaryl/α,β-unsaturated/α-hetero) is 1. The number of ketones is 1. The molecule has 0 aliphatic carbocycles. The number of fused-ring (bicyclic) bond motifs is 1. The van der Waals surface area contributed by atoms with Crippen LogP contribution >= 0.6 is 0 Å². The van der Waals surface area contributed by atoms with Crippen LogP contribution in [-0.4, -0.2) is 51.0 Å². The van der Waals surface area contributed by atoms with E-state index in [9.17, 15) is 14.4 Å². The Hall–Kier alpha value is -1.45. The van der Waals surface area contributed by atoms with Crippen LogP contribution in [0.25, 0.3) is 0 Å². The second-order valence-corrected chi connectivity index (χ2v) is 19.0. The summed E-state index contributed by atoms with van der Waals surface area (Å²) in [6, 6.07) is 1.07. The number of nitrogens with one attached hydrogen (secondary N) is 1. The molecule has 0 radical (unpaired) electrons. The van der Waals surface area contributed by atoms with Crippen molar-refractivity contribution in [2.45, 2.75) is 95.7 Å². The molecule has 0 aromatic carbocycles. The first kappa shape index (κ1) is 26.2. The van der Waals surface area contributed by atoms with Crippen LogP contribution in [0, 0.1) is 0 Å². The molecule has 12 heteroatoms. The Labute approximate surface area is 195 Å². The van der Waals surface area contributed by atoms with E-state index in [1.165, 1.54) is 0 Å². The third-order valence-corrected chi connectivity index (χ3v) is 16.8. The molecule has 3 rings (SSSR count). The van der Waals surface area contributed by atoms with Gasteiger partial charge in [-0.05, 0) is 22.2 Å². The lowest BCUT2D eigenvalue weighted by Gasteiger charge is -2.51. The molecule has 1 N–H and O–H groups in total. The first-order chi connectivity index (χ1) is 15.2. The number of aromatic nitrogens is 2. The number of H-pyrrole nitrogens is 1. The van der Waals surface area contributed by atoms with Crippen molar-refractivity contribution in [3.8, 4) is 0 Å². The fourth-order valence-electron chi connectivity index (χ4n) is 4.82. The third kappa shape index (κ3) is 4.25. The molecule has 0 bridgehead atoms. The lowest BCUT2D eigenvalue weighted by atomic mass is 10.1. The summed E-state index contributed by atoms with van der Waals surface area (Å²) in [6.07, 6.45) is -2.10. The molecular weight excluding hydrogens is 467 g/mol. The van der Waals surface area contributed by atoms with E-state index in [0.717, 1.165) is 16.8 Å². The standard InChI is InChI=1S/C21H35FN2O7Si2/c1-12(2)32(13(3)4)28-11-21(22)18(30-33(31-32,14(5)6)15(7)8)17(26)19(29-21)24-10-9-16(25)23-20(24)27/h9-10,12-15,18-19H,11H2,1-8H3,(H,23,25,27)/t18-,19+,21+/m0/s1. The van der Waals surface area contributed by atoms with E-state index in [2.05, 4.69) is 4.98 Å². The number of halogens is 1. The van der Waals surface area contributed by atoms with Crippen LogP contribution in [0.3, 0.4) is 0 Å². The number of hydrogen-bond acceptors (Lipinski definition) is 7. The van der Waals surface area contributed by atoms with Crippen molar-refractivity contribution in [3.63, 3.8) is 0 Å². The lowest BCUT2D eigenvalue weighted by Crippen LogP contribution is -2.67. The minimum absolute atomic E-state index is 0.0136. The molecule has 2 aliphatic heterocycles. The Morgan fingerprint density at radius 1 is 1.00 bits per heavy atom. The van der Waals surface area contributed by atoms with Crippen molar-refractivity contribution in [2.75, 3.05) is 6.61 Å². The highest BCUT2D eigenvalue weighted by atomic mass is 28.5. The van der Waals surface area contributed by atoms with Gasteiger partial charge in [-0.15, -0.1) is 0 Å². The molecule has 186 valence electrons. The van der Waals surface area contributed by atoms with Crippen LogP contribution in [0.4, 0.5) is 4.39 Å². The monoisotopic (exact) mass is 502 g/mol. The number of rotatable bonds is 5. The zero-order chi connectivity index (χ0) is 24.9. The summed E-state index contributed by atoms with van der Waals surface area (Å²) < 4.78 is 42.6. The van der Waals surface area contributed by atoms with E-state index in [-0.39, 0.29) is 22.2 Å². The number of ether oxygens (including phenoxy) is 1. The zero-order valence-electron chi connectivity index (χ0n) is 20.5. The van der Waals surface area contributed by atoms with Gasteiger partial charge < -0.3 is 17.7 Å². The first-order valence-electron chi connectivity index (χ1n) is 11.4. The van der Waals surface area contributed by atoms with Crippen LogP contribution in [0.5, 0.6) is 0 Å². The normalized spacial score (nSPS) is 29.5. The summed E-state index contributed by atoms with van der Waals surface area (Å²) in [5, 5.41) is 0. The largest absolute Gasteiger partial charge is 0.414 e. The molecule has 2 fully saturated rings. The van der Waals surface area contributed by atoms with Gasteiger partial charge in [0.1, 0.15) is 0 Å². The van der Waals surface area contributed by atoms with Crippen molar-refractivity contribution in [3.05, 3.63) is 33.1 Å². The summed E-state index contributed by atoms with van der Waals surface area (Å²) >= 11 is 0.